The van der Waals surface area contributed by atoms with Gasteiger partial charge in [-0.25, -0.2) is 14.5 Å². The quantitative estimate of drug-likeness (QED) is 0.600. The number of likely N-dealkylation sites (tertiary alicyclic amines) is 2. The molecule has 0 radical (unpaired) electrons. The first-order valence-corrected chi connectivity index (χ1v) is 12.6. The Morgan fingerprint density at radius 3 is 2.46 bits per heavy atom. The lowest BCUT2D eigenvalue weighted by Crippen LogP contribution is -2.68. The molecule has 1 aromatic heterocycles. The van der Waals surface area contributed by atoms with Gasteiger partial charge in [0.1, 0.15) is 11.9 Å². The lowest BCUT2D eigenvalue weighted by Gasteiger charge is -2.59. The number of nitrogens with zero attached hydrogens (tertiary/aromatic N) is 5. The summed E-state index contributed by atoms with van der Waals surface area (Å²) in [5.74, 6) is 0.524. The Balaban J connectivity index is 0.898. The first-order chi connectivity index (χ1) is 16.6. The summed E-state index contributed by atoms with van der Waals surface area (Å²) >= 11 is -0.134. The van der Waals surface area contributed by atoms with Crippen molar-refractivity contribution in [3.05, 3.63) is 42.0 Å². The van der Waals surface area contributed by atoms with Gasteiger partial charge in [-0.05, 0) is 55.1 Å². The van der Waals surface area contributed by atoms with E-state index in [0.29, 0.717) is 25.5 Å². The topological polar surface area (TPSA) is 83.7 Å². The van der Waals surface area contributed by atoms with E-state index in [1.165, 1.54) is 12.1 Å². The maximum atomic E-state index is 12.7. The van der Waals surface area contributed by atoms with Crippen molar-refractivity contribution in [1.29, 1.82) is 0 Å². The van der Waals surface area contributed by atoms with Crippen LogP contribution in [0.15, 0.2) is 35.5 Å². The van der Waals surface area contributed by atoms with E-state index in [9.17, 15) is 23.1 Å². The van der Waals surface area contributed by atoms with E-state index in [-0.39, 0.29) is 40.2 Å². The number of benzene rings is 1. The molecule has 0 bridgehead atoms. The van der Waals surface area contributed by atoms with E-state index in [0.717, 1.165) is 44.3 Å². The predicted molar refractivity (Wildman–Crippen MR) is 119 cm³/mol. The Morgan fingerprint density at radius 2 is 1.83 bits per heavy atom. The molecule has 2 aromatic rings. The zero-order chi connectivity index (χ0) is 24.4. The first-order valence-electron chi connectivity index (χ1n) is 11.7. The fraction of sp³-hybridized carbons (Fsp3) is 0.609. The predicted octanol–water partition coefficient (Wildman–Crippen LogP) is 3.53. The molecule has 2 saturated heterocycles. The molecule has 0 unspecified atom stereocenters. The highest BCUT2D eigenvalue weighted by molar-refractivity contribution is 8.00. The molecule has 1 aromatic carbocycles. The highest BCUT2D eigenvalue weighted by Crippen LogP contribution is 2.54. The first kappa shape index (κ1) is 23.1. The summed E-state index contributed by atoms with van der Waals surface area (Å²) in [5.41, 5.74) is -4.14. The SMILES string of the molecule is O=C(N1CC(OCc2ccc(SC(F)(F)F)cc2)C1)N1CC2(CC(n3cnc(C4(O)CC4)n3)C2)C1. The Bertz CT molecular complexity index is 1100. The molecule has 6 rings (SSSR count). The van der Waals surface area contributed by atoms with Crippen molar-refractivity contribution in [2.45, 2.75) is 60.4 Å². The Morgan fingerprint density at radius 1 is 1.14 bits per heavy atom. The number of carbonyl (C=O) groups excluding carboxylic acids is 1. The number of hydrogen-bond acceptors (Lipinski definition) is 6. The summed E-state index contributed by atoms with van der Waals surface area (Å²) in [6.07, 6.45) is 5.02. The number of halogens is 3. The van der Waals surface area contributed by atoms with Crippen molar-refractivity contribution in [2.75, 3.05) is 26.2 Å². The second kappa shape index (κ2) is 8.10. The summed E-state index contributed by atoms with van der Waals surface area (Å²) in [7, 11) is 0. The number of ether oxygens (including phenoxy) is 1. The second-order valence-corrected chi connectivity index (χ2v) is 11.4. The third-order valence-electron chi connectivity index (χ3n) is 7.44. The van der Waals surface area contributed by atoms with Gasteiger partial charge in [0, 0.05) is 23.4 Å². The molecule has 1 N–H and O–H groups in total. The molecule has 2 aliphatic carbocycles. The molecule has 1 spiro atoms. The van der Waals surface area contributed by atoms with E-state index >= 15 is 0 Å². The van der Waals surface area contributed by atoms with Crippen LogP contribution in [0.3, 0.4) is 0 Å². The van der Waals surface area contributed by atoms with Gasteiger partial charge >= 0.3 is 11.5 Å². The van der Waals surface area contributed by atoms with Crippen molar-refractivity contribution in [3.63, 3.8) is 0 Å². The number of urea groups is 1. The number of aliphatic hydroxyl groups is 1. The van der Waals surface area contributed by atoms with Crippen molar-refractivity contribution in [1.82, 2.24) is 24.6 Å². The van der Waals surface area contributed by atoms with Gasteiger partial charge in [0.05, 0.1) is 31.8 Å². The summed E-state index contributed by atoms with van der Waals surface area (Å²) in [5, 5.41) is 14.6. The highest BCUT2D eigenvalue weighted by atomic mass is 32.2. The molecule has 2 amide bonds. The number of thioether (sulfide) groups is 1. The smallest absolute Gasteiger partial charge is 0.382 e. The largest absolute Gasteiger partial charge is 0.446 e. The summed E-state index contributed by atoms with van der Waals surface area (Å²) < 4.78 is 44.9. The van der Waals surface area contributed by atoms with Gasteiger partial charge in [-0.1, -0.05) is 12.1 Å². The number of alkyl halides is 3. The van der Waals surface area contributed by atoms with Crippen molar-refractivity contribution >= 4 is 17.8 Å². The maximum absolute atomic E-state index is 12.7. The minimum absolute atomic E-state index is 0.0338. The van der Waals surface area contributed by atoms with Gasteiger partial charge in [-0.3, -0.25) is 0 Å². The van der Waals surface area contributed by atoms with Crippen molar-refractivity contribution < 1.29 is 27.8 Å². The van der Waals surface area contributed by atoms with Crippen LogP contribution in [0.4, 0.5) is 18.0 Å². The maximum Gasteiger partial charge on any atom is 0.446 e. The van der Waals surface area contributed by atoms with Crippen LogP contribution in [0.25, 0.3) is 0 Å². The van der Waals surface area contributed by atoms with Gasteiger partial charge < -0.3 is 19.6 Å². The van der Waals surface area contributed by atoms with Crippen LogP contribution in [0, 0.1) is 5.41 Å². The van der Waals surface area contributed by atoms with Gasteiger partial charge in [0.25, 0.3) is 0 Å². The molecule has 8 nitrogen and oxygen atoms in total. The third-order valence-corrected chi connectivity index (χ3v) is 8.18. The monoisotopic (exact) mass is 509 g/mol. The molecule has 2 aliphatic heterocycles. The van der Waals surface area contributed by atoms with Gasteiger partial charge in [-0.2, -0.15) is 18.3 Å². The lowest BCUT2D eigenvalue weighted by molar-refractivity contribution is -0.0924. The fourth-order valence-electron chi connectivity index (χ4n) is 5.19. The van der Waals surface area contributed by atoms with Crippen LogP contribution < -0.4 is 0 Å². The zero-order valence-electron chi connectivity index (χ0n) is 18.9. The van der Waals surface area contributed by atoms with E-state index in [1.807, 2.05) is 9.58 Å². The molecule has 35 heavy (non-hydrogen) atoms. The van der Waals surface area contributed by atoms with Crippen molar-refractivity contribution in [2.24, 2.45) is 5.41 Å². The van der Waals surface area contributed by atoms with Crippen molar-refractivity contribution in [3.8, 4) is 0 Å². The number of carbonyl (C=O) groups is 1. The summed E-state index contributed by atoms with van der Waals surface area (Å²) in [4.78, 5) is 20.8. The number of hydrogen-bond donors (Lipinski definition) is 1. The Labute approximate surface area is 204 Å². The number of amides is 2. The molecular weight excluding hydrogens is 483 g/mol. The molecular formula is C23H26F3N5O3S. The number of rotatable bonds is 6. The Hall–Kier alpha value is -2.31. The molecule has 2 saturated carbocycles. The molecule has 188 valence electrons. The normalized spacial score (nSPS) is 23.1. The van der Waals surface area contributed by atoms with E-state index in [2.05, 4.69) is 10.1 Å². The van der Waals surface area contributed by atoms with Crippen LogP contribution >= 0.6 is 11.8 Å². The molecule has 0 atom stereocenters. The van der Waals surface area contributed by atoms with Gasteiger partial charge in [0.15, 0.2) is 5.82 Å². The Kier molecular flexibility index (Phi) is 5.35. The van der Waals surface area contributed by atoms with Crippen LogP contribution in [0.1, 0.15) is 43.1 Å². The van der Waals surface area contributed by atoms with Crippen LogP contribution in [0.5, 0.6) is 0 Å². The van der Waals surface area contributed by atoms with E-state index in [1.54, 1.807) is 23.4 Å². The summed E-state index contributed by atoms with van der Waals surface area (Å²) in [6.45, 7) is 2.85. The zero-order valence-corrected chi connectivity index (χ0v) is 19.8. The average molecular weight is 510 g/mol. The third kappa shape index (κ3) is 4.63. The van der Waals surface area contributed by atoms with Crippen LogP contribution in [0.2, 0.25) is 0 Å². The van der Waals surface area contributed by atoms with Crippen LogP contribution in [-0.2, 0) is 16.9 Å². The molecule has 4 aliphatic rings. The highest BCUT2D eigenvalue weighted by Gasteiger charge is 2.56. The van der Waals surface area contributed by atoms with Gasteiger partial charge in [0.2, 0.25) is 0 Å². The minimum Gasteiger partial charge on any atom is -0.382 e. The average Bonchev–Trinajstić information content (AvgIpc) is 3.26. The summed E-state index contributed by atoms with van der Waals surface area (Å²) in [6, 6.07) is 6.46. The standard InChI is InChI=1S/C23H26F3N5O3S/c24-23(25,26)35-18-3-1-15(2-4-18)11-34-17-9-29(10-17)20(32)30-12-21(13-30)7-16(8-21)31-14-27-19(28-31)22(33)5-6-22/h1-4,14,16-17,33H,5-13H2. The number of aromatic nitrogens is 3. The minimum atomic E-state index is -4.29. The van der Waals surface area contributed by atoms with Crippen LogP contribution in [-0.4, -0.2) is 73.5 Å². The molecule has 12 heteroatoms. The second-order valence-electron chi connectivity index (χ2n) is 10.3. The fourth-order valence-corrected chi connectivity index (χ4v) is 5.73. The molecule has 4 fully saturated rings. The van der Waals surface area contributed by atoms with E-state index in [4.69, 9.17) is 4.74 Å². The molecule has 3 heterocycles. The van der Waals surface area contributed by atoms with E-state index < -0.39 is 11.1 Å². The lowest BCUT2D eigenvalue weighted by atomic mass is 9.61. The van der Waals surface area contributed by atoms with Gasteiger partial charge in [-0.15, -0.1) is 0 Å².